The predicted molar refractivity (Wildman–Crippen MR) is 230 cm³/mol. The van der Waals surface area contributed by atoms with E-state index in [1.165, 1.54) is 30.3 Å². The molecule has 0 radical (unpaired) electrons. The average molecular weight is 804 g/mol. The van der Waals surface area contributed by atoms with Crippen molar-refractivity contribution in [2.75, 3.05) is 10.6 Å². The summed E-state index contributed by atoms with van der Waals surface area (Å²) in [6, 6.07) is 41.6. The number of carbonyl (C=O) groups excluding carboxylic acids is 3. The summed E-state index contributed by atoms with van der Waals surface area (Å²) in [5, 5.41) is 59.1. The van der Waals surface area contributed by atoms with E-state index in [-0.39, 0.29) is 45.4 Å². The minimum Gasteiger partial charge on any atom is -0.505 e. The lowest BCUT2D eigenvalue weighted by Crippen LogP contribution is -2.12. The van der Waals surface area contributed by atoms with Gasteiger partial charge in [-0.3, -0.25) is 24.5 Å². The summed E-state index contributed by atoms with van der Waals surface area (Å²) in [5.74, 6) is -2.34. The van der Waals surface area contributed by atoms with Gasteiger partial charge in [0.05, 0.1) is 27.4 Å². The number of nitrogens with zero attached hydrogens (tertiary/aromatic N) is 5. The second kappa shape index (κ2) is 15.4. The van der Waals surface area contributed by atoms with Crippen LogP contribution in [0.2, 0.25) is 0 Å². The number of rotatable bonds is 9. The zero-order chi connectivity index (χ0) is 42.2. The highest BCUT2D eigenvalue weighted by molar-refractivity contribution is 6.22. The number of aromatic hydroxyl groups is 2. The van der Waals surface area contributed by atoms with Crippen molar-refractivity contribution in [3.63, 3.8) is 0 Å². The van der Waals surface area contributed by atoms with Crippen LogP contribution in [-0.2, 0) is 0 Å². The zero-order valence-electron chi connectivity index (χ0n) is 31.6. The van der Waals surface area contributed by atoms with Crippen LogP contribution in [0, 0.1) is 10.1 Å². The number of fused-ring (bicyclic) bond motifs is 5. The Morgan fingerprint density at radius 2 is 0.984 bits per heavy atom. The fourth-order valence-corrected chi connectivity index (χ4v) is 7.19. The Hall–Kier alpha value is -8.91. The highest BCUT2D eigenvalue weighted by Gasteiger charge is 2.28. The van der Waals surface area contributed by atoms with Crippen LogP contribution < -0.4 is 10.6 Å². The molecule has 0 fully saturated rings. The number of benzene rings is 8. The Balaban J connectivity index is 0.989. The molecule has 0 unspecified atom stereocenters. The highest BCUT2D eigenvalue weighted by atomic mass is 16.6. The molecule has 14 nitrogen and oxygen atoms in total. The first-order valence-electron chi connectivity index (χ1n) is 18.7. The summed E-state index contributed by atoms with van der Waals surface area (Å²) >= 11 is 0. The molecule has 14 heteroatoms. The van der Waals surface area contributed by atoms with Crippen LogP contribution >= 0.6 is 0 Å². The number of non-ortho nitro benzene ring substituents is 1. The van der Waals surface area contributed by atoms with Crippen molar-refractivity contribution in [1.82, 2.24) is 0 Å². The Labute approximate surface area is 345 Å². The van der Waals surface area contributed by atoms with E-state index >= 15 is 0 Å². The van der Waals surface area contributed by atoms with E-state index in [0.29, 0.717) is 60.9 Å². The molecule has 9 rings (SSSR count). The molecule has 0 saturated carbocycles. The largest absolute Gasteiger partial charge is 0.505 e. The van der Waals surface area contributed by atoms with E-state index in [1.54, 1.807) is 109 Å². The van der Waals surface area contributed by atoms with Crippen molar-refractivity contribution in [2.45, 2.75) is 0 Å². The zero-order valence-corrected chi connectivity index (χ0v) is 31.6. The van der Waals surface area contributed by atoms with Crippen molar-refractivity contribution in [3.05, 3.63) is 184 Å². The number of nitro groups is 1. The maximum atomic E-state index is 13.8. The van der Waals surface area contributed by atoms with Crippen molar-refractivity contribution >= 4 is 79.0 Å². The molecule has 4 N–H and O–H groups in total. The number of azo groups is 2. The molecule has 1 aliphatic rings. The monoisotopic (exact) mass is 803 g/mol. The molecule has 8 aromatic rings. The number of anilines is 2. The molecule has 2 amide bonds. The average Bonchev–Trinajstić information content (AvgIpc) is 3.55. The van der Waals surface area contributed by atoms with E-state index in [9.17, 15) is 34.7 Å². The topological polar surface area (TPSA) is 208 Å². The van der Waals surface area contributed by atoms with Crippen LogP contribution in [0.15, 0.2) is 172 Å². The molecule has 8 aromatic carbocycles. The minimum absolute atomic E-state index is 0.00795. The fourth-order valence-electron chi connectivity index (χ4n) is 7.19. The maximum absolute atomic E-state index is 13.8. The second-order valence-electron chi connectivity index (χ2n) is 14.0. The first-order valence-corrected chi connectivity index (χ1v) is 18.7. The van der Waals surface area contributed by atoms with Gasteiger partial charge in [0, 0.05) is 45.4 Å². The number of phenols is 2. The molecule has 1 aliphatic carbocycles. The normalized spacial score (nSPS) is 11.9. The van der Waals surface area contributed by atoms with Crippen LogP contribution in [0.3, 0.4) is 0 Å². The van der Waals surface area contributed by atoms with Gasteiger partial charge in [0.25, 0.3) is 17.5 Å². The quantitative estimate of drug-likeness (QED) is 0.0629. The first-order chi connectivity index (χ1) is 29.6. The first kappa shape index (κ1) is 37.7. The predicted octanol–water partition coefficient (Wildman–Crippen LogP) is 11.9. The Kier molecular flexibility index (Phi) is 9.54. The van der Waals surface area contributed by atoms with Gasteiger partial charge >= 0.3 is 0 Å². The molecule has 294 valence electrons. The summed E-state index contributed by atoms with van der Waals surface area (Å²) in [7, 11) is 0. The van der Waals surface area contributed by atoms with Crippen LogP contribution in [0.25, 0.3) is 32.7 Å². The van der Waals surface area contributed by atoms with Crippen molar-refractivity contribution < 1.29 is 29.5 Å². The van der Waals surface area contributed by atoms with Crippen LogP contribution in [0.4, 0.5) is 39.8 Å². The molecule has 0 heterocycles. The number of carbonyl (C=O) groups is 3. The molecule has 61 heavy (non-hydrogen) atoms. The lowest BCUT2D eigenvalue weighted by Gasteiger charge is -2.11. The van der Waals surface area contributed by atoms with Gasteiger partial charge < -0.3 is 20.8 Å². The molecule has 0 spiro atoms. The van der Waals surface area contributed by atoms with Gasteiger partial charge in [-0.25, -0.2) is 0 Å². The number of hydrogen-bond donors (Lipinski definition) is 4. The van der Waals surface area contributed by atoms with Crippen LogP contribution in [0.1, 0.15) is 36.6 Å². The summed E-state index contributed by atoms with van der Waals surface area (Å²) in [6.45, 7) is 0. The number of nitrogens with one attached hydrogen (secondary N) is 2. The van der Waals surface area contributed by atoms with Gasteiger partial charge in [0.1, 0.15) is 11.4 Å². The van der Waals surface area contributed by atoms with Gasteiger partial charge in [-0.05, 0) is 76.5 Å². The number of ketones is 1. The summed E-state index contributed by atoms with van der Waals surface area (Å²) in [6.07, 6.45) is 0. The summed E-state index contributed by atoms with van der Waals surface area (Å²) < 4.78 is 0. The number of para-hydroxylation sites is 1. The van der Waals surface area contributed by atoms with Gasteiger partial charge in [-0.15, -0.1) is 10.2 Å². The molecule has 0 atom stereocenters. The smallest absolute Gasteiger partial charge is 0.271 e. The third kappa shape index (κ3) is 7.16. The van der Waals surface area contributed by atoms with Crippen LogP contribution in [0.5, 0.6) is 11.5 Å². The highest BCUT2D eigenvalue weighted by Crippen LogP contribution is 2.44. The third-order valence-electron chi connectivity index (χ3n) is 10.1. The van der Waals surface area contributed by atoms with Gasteiger partial charge in [-0.1, -0.05) is 84.9 Å². The molecule has 0 saturated heterocycles. The van der Waals surface area contributed by atoms with E-state index < -0.39 is 22.5 Å². The van der Waals surface area contributed by atoms with E-state index in [1.807, 2.05) is 12.1 Å². The summed E-state index contributed by atoms with van der Waals surface area (Å²) in [5.41, 5.74) is 3.20. The van der Waals surface area contributed by atoms with Crippen LogP contribution in [-0.4, -0.2) is 32.7 Å². The Morgan fingerprint density at radius 3 is 1.51 bits per heavy atom. The van der Waals surface area contributed by atoms with E-state index in [0.717, 1.165) is 0 Å². The van der Waals surface area contributed by atoms with Crippen molar-refractivity contribution in [1.29, 1.82) is 0 Å². The fraction of sp³-hybridized carbons (Fsp3) is 0. The van der Waals surface area contributed by atoms with Gasteiger partial charge in [0.2, 0.25) is 0 Å². The number of hydrogen-bond acceptors (Lipinski definition) is 11. The SMILES string of the molecule is O=C1c2cc(N=Nc3c(O)c(C(=O)Nc4ccccc4)cc4ccccc34)ccc2-c2ccc(N=Nc3c(O)c(C(=O)Nc4cccc([N+](=O)[O-])c4)cc4ccccc34)cc21. The maximum Gasteiger partial charge on any atom is 0.271 e. The standard InChI is InChI=1S/C47H29N7O7/c55-43-37-24-30(50-52-41-33-15-6-4-9-26(33)21-39(44(41)56)46(58)48-28-11-2-1-3-12-28)17-19-35(37)36-20-18-31(25-38(36)43)51-53-42-34-16-7-5-10-27(34)22-40(45(42)57)47(59)49-29-13-8-14-32(23-29)54(60)61/h1-25,56-57H,(H,48,58)(H,49,59). The number of nitro benzene ring substituents is 1. The number of amides is 2. The molecular formula is C47H29N7O7. The second-order valence-corrected chi connectivity index (χ2v) is 14.0. The van der Waals surface area contributed by atoms with E-state index in [2.05, 4.69) is 31.1 Å². The van der Waals surface area contributed by atoms with E-state index in [4.69, 9.17) is 0 Å². The molecule has 0 aromatic heterocycles. The lowest BCUT2D eigenvalue weighted by molar-refractivity contribution is -0.384. The number of phenolic OH excluding ortho intramolecular Hbond substituents is 2. The molecule has 0 bridgehead atoms. The van der Waals surface area contributed by atoms with Gasteiger partial charge in [-0.2, -0.15) is 10.2 Å². The Morgan fingerprint density at radius 1 is 0.508 bits per heavy atom. The Bertz CT molecular complexity index is 3220. The molecular weight excluding hydrogens is 775 g/mol. The lowest BCUT2D eigenvalue weighted by atomic mass is 10.0. The van der Waals surface area contributed by atoms with Crippen molar-refractivity contribution in [3.8, 4) is 22.6 Å². The van der Waals surface area contributed by atoms with Gasteiger partial charge in [0.15, 0.2) is 17.3 Å². The third-order valence-corrected chi connectivity index (χ3v) is 10.1. The van der Waals surface area contributed by atoms with Crippen molar-refractivity contribution in [2.24, 2.45) is 20.5 Å². The summed E-state index contributed by atoms with van der Waals surface area (Å²) in [4.78, 5) is 51.2. The minimum atomic E-state index is -0.718. The molecule has 0 aliphatic heterocycles.